The van der Waals surface area contributed by atoms with Crippen molar-refractivity contribution in [3.63, 3.8) is 0 Å². The van der Waals surface area contributed by atoms with Gasteiger partial charge in [0.2, 0.25) is 0 Å². The maximum absolute atomic E-state index is 11.5. The van der Waals surface area contributed by atoms with Gasteiger partial charge >= 0.3 is 35.4 Å². The summed E-state index contributed by atoms with van der Waals surface area (Å²) in [6.07, 6.45) is -0.169. The molecule has 0 unspecified atom stereocenters. The molecule has 0 rings (SSSR count). The first-order chi connectivity index (χ1) is 5.21. The topological polar surface area (TPSA) is 57.2 Å². The van der Waals surface area contributed by atoms with Crippen molar-refractivity contribution in [3.05, 3.63) is 0 Å². The SMILES string of the molecule is O=S(=O)([O-])CCC[SiH2]C(F)(F)F.[Na+]. The quantitative estimate of drug-likeness (QED) is 0.301. The molecule has 74 valence electrons. The summed E-state index contributed by atoms with van der Waals surface area (Å²) in [5.74, 6) is -4.82. The Kier molecular flexibility index (Phi) is 8.06. The van der Waals surface area contributed by atoms with Gasteiger partial charge in [0.05, 0.1) is 10.1 Å². The zero-order valence-electron chi connectivity index (χ0n) is 7.10. The third-order valence-electron chi connectivity index (χ3n) is 1.10. The van der Waals surface area contributed by atoms with Gasteiger partial charge in [0.15, 0.2) is 9.52 Å². The molecule has 0 fully saturated rings. The van der Waals surface area contributed by atoms with Crippen LogP contribution >= 0.6 is 0 Å². The minimum absolute atomic E-state index is 0. The van der Waals surface area contributed by atoms with Crippen molar-refractivity contribution in [2.24, 2.45) is 0 Å². The Hall–Kier alpha value is 0.917. The van der Waals surface area contributed by atoms with Gasteiger partial charge in [0.25, 0.3) is 0 Å². The van der Waals surface area contributed by atoms with E-state index >= 15 is 0 Å². The van der Waals surface area contributed by atoms with Crippen molar-refractivity contribution in [2.45, 2.75) is 18.3 Å². The molecule has 9 heteroatoms. The van der Waals surface area contributed by atoms with Crippen LogP contribution < -0.4 is 29.6 Å². The van der Waals surface area contributed by atoms with E-state index in [0.717, 1.165) is 0 Å². The molecular weight excluding hydrogens is 236 g/mol. The molecule has 3 nitrogen and oxygen atoms in total. The van der Waals surface area contributed by atoms with Crippen molar-refractivity contribution in [1.82, 2.24) is 0 Å². The van der Waals surface area contributed by atoms with Gasteiger partial charge in [-0.05, 0) is 6.42 Å². The smallest absolute Gasteiger partial charge is 0.748 e. The van der Waals surface area contributed by atoms with Crippen LogP contribution in [0.5, 0.6) is 0 Å². The molecule has 0 heterocycles. The molecule has 0 aliphatic heterocycles. The zero-order chi connectivity index (χ0) is 9.83. The summed E-state index contributed by atoms with van der Waals surface area (Å²) >= 11 is 0. The molecule has 13 heavy (non-hydrogen) atoms. The van der Waals surface area contributed by atoms with Gasteiger partial charge in [-0.25, -0.2) is 8.42 Å². The summed E-state index contributed by atoms with van der Waals surface area (Å²) in [7, 11) is -6.56. The monoisotopic (exact) mass is 244 g/mol. The van der Waals surface area contributed by atoms with E-state index in [1.807, 2.05) is 0 Å². The van der Waals surface area contributed by atoms with E-state index in [0.29, 0.717) is 0 Å². The second-order valence-corrected chi connectivity index (χ2v) is 5.87. The fourth-order valence-electron chi connectivity index (χ4n) is 0.604. The minimum atomic E-state index is -4.34. The van der Waals surface area contributed by atoms with Gasteiger partial charge in [0.1, 0.15) is 0 Å². The van der Waals surface area contributed by atoms with Crippen molar-refractivity contribution < 1.29 is 55.7 Å². The predicted octanol–water partition coefficient (Wildman–Crippen LogP) is -2.97. The Bertz CT molecular complexity index is 227. The van der Waals surface area contributed by atoms with E-state index in [1.54, 1.807) is 0 Å². The second kappa shape index (κ2) is 6.41. The summed E-state index contributed by atoms with van der Waals surface area (Å²) in [5, 5.41) is 0. The average Bonchev–Trinajstić information content (AvgIpc) is 1.76. The van der Waals surface area contributed by atoms with Crippen LogP contribution in [0, 0.1) is 0 Å². The first-order valence-corrected chi connectivity index (χ1v) is 6.49. The van der Waals surface area contributed by atoms with Crippen LogP contribution in [0.1, 0.15) is 6.42 Å². The fourth-order valence-corrected chi connectivity index (χ4v) is 2.43. The molecule has 0 atom stereocenters. The molecule has 0 bridgehead atoms. The molecule has 0 aliphatic rings. The molecule has 0 amide bonds. The Morgan fingerprint density at radius 2 is 1.77 bits per heavy atom. The van der Waals surface area contributed by atoms with Crippen LogP contribution in [0.25, 0.3) is 0 Å². The van der Waals surface area contributed by atoms with E-state index < -0.39 is 31.2 Å². The first kappa shape index (κ1) is 16.4. The first-order valence-electron chi connectivity index (χ1n) is 3.21. The molecule has 0 N–H and O–H groups in total. The van der Waals surface area contributed by atoms with Crippen LogP contribution in [-0.4, -0.2) is 34.0 Å². The van der Waals surface area contributed by atoms with E-state index in [2.05, 4.69) is 0 Å². The number of hydrogen-bond acceptors (Lipinski definition) is 3. The molecule has 0 saturated heterocycles. The van der Waals surface area contributed by atoms with Crippen molar-refractivity contribution in [3.8, 4) is 0 Å². The average molecular weight is 244 g/mol. The standard InChI is InChI=1S/C4H9F3O3SSi.Na/c5-4(6,7)12-3-1-2-11(8,9)10;/h1-3,12H2,(H,8,9,10);/q;+1/p-1. The third kappa shape index (κ3) is 15.7. The van der Waals surface area contributed by atoms with Gasteiger partial charge in [-0.2, -0.15) is 13.2 Å². The molecule has 0 radical (unpaired) electrons. The molecular formula is C4H8F3NaO3SSi. The van der Waals surface area contributed by atoms with Gasteiger partial charge in [0, 0.05) is 5.75 Å². The zero-order valence-corrected chi connectivity index (χ0v) is 11.3. The van der Waals surface area contributed by atoms with Crippen LogP contribution in [0.3, 0.4) is 0 Å². The molecule has 0 aromatic carbocycles. The Labute approximate surface area is 98.9 Å². The predicted molar refractivity (Wildman–Crippen MR) is 38.6 cm³/mol. The van der Waals surface area contributed by atoms with Gasteiger partial charge in [-0.15, -0.1) is 0 Å². The van der Waals surface area contributed by atoms with Crippen LogP contribution in [0.4, 0.5) is 13.2 Å². The Morgan fingerprint density at radius 3 is 2.08 bits per heavy atom. The molecule has 0 aromatic rings. The van der Waals surface area contributed by atoms with Gasteiger partial charge in [-0.1, -0.05) is 6.04 Å². The summed E-state index contributed by atoms with van der Waals surface area (Å²) < 4.78 is 64.3. The fraction of sp³-hybridized carbons (Fsp3) is 1.00. The number of alkyl halides is 3. The van der Waals surface area contributed by atoms with Crippen molar-refractivity contribution >= 4 is 19.6 Å². The van der Waals surface area contributed by atoms with E-state index in [4.69, 9.17) is 0 Å². The van der Waals surface area contributed by atoms with Crippen LogP contribution in [-0.2, 0) is 10.1 Å². The molecule has 0 aliphatic carbocycles. The largest absolute Gasteiger partial charge is 1.00 e. The minimum Gasteiger partial charge on any atom is -0.748 e. The van der Waals surface area contributed by atoms with Gasteiger partial charge in [-0.3, -0.25) is 0 Å². The van der Waals surface area contributed by atoms with Crippen LogP contribution in [0.15, 0.2) is 0 Å². The number of halogens is 3. The summed E-state index contributed by atoms with van der Waals surface area (Å²) in [6, 6.07) is -0.176. The summed E-state index contributed by atoms with van der Waals surface area (Å²) in [6.45, 7) is 0. The number of rotatable bonds is 4. The van der Waals surface area contributed by atoms with Crippen molar-refractivity contribution in [1.29, 1.82) is 0 Å². The Morgan fingerprint density at radius 1 is 1.31 bits per heavy atom. The normalized spacial score (nSPS) is 13.2. The van der Waals surface area contributed by atoms with E-state index in [1.165, 1.54) is 0 Å². The Balaban J connectivity index is 0. The third-order valence-corrected chi connectivity index (χ3v) is 3.31. The van der Waals surface area contributed by atoms with Crippen LogP contribution in [0.2, 0.25) is 6.04 Å². The second-order valence-electron chi connectivity index (χ2n) is 2.33. The van der Waals surface area contributed by atoms with E-state index in [-0.39, 0.29) is 42.0 Å². The molecule has 0 spiro atoms. The molecule has 0 aromatic heterocycles. The maximum atomic E-state index is 11.5. The van der Waals surface area contributed by atoms with Crippen molar-refractivity contribution in [2.75, 3.05) is 5.75 Å². The molecule has 0 saturated carbocycles. The maximum Gasteiger partial charge on any atom is 1.00 e. The number of hydrogen-bond donors (Lipinski definition) is 0. The van der Waals surface area contributed by atoms with Gasteiger partial charge < -0.3 is 4.55 Å². The summed E-state index contributed by atoms with van der Waals surface area (Å²) in [5.41, 5.74) is 0. The van der Waals surface area contributed by atoms with E-state index in [9.17, 15) is 26.1 Å². The summed E-state index contributed by atoms with van der Waals surface area (Å²) in [4.78, 5) is 0.